The van der Waals surface area contributed by atoms with Crippen molar-refractivity contribution in [2.45, 2.75) is 0 Å². The molecule has 0 amide bonds. The first-order valence-electron chi connectivity index (χ1n) is 9.53. The van der Waals surface area contributed by atoms with Crippen LogP contribution < -0.4 is 19.7 Å². The van der Waals surface area contributed by atoms with Crippen LogP contribution in [0.25, 0.3) is 0 Å². The summed E-state index contributed by atoms with van der Waals surface area (Å²) in [6.45, 7) is 3.20. The molecule has 1 aliphatic heterocycles. The molecule has 4 rings (SSSR count). The summed E-state index contributed by atoms with van der Waals surface area (Å²) >= 11 is 0. The van der Waals surface area contributed by atoms with Gasteiger partial charge in [-0.3, -0.25) is 0 Å². The fourth-order valence-electron chi connectivity index (χ4n) is 3.14. The molecule has 0 spiro atoms. The molecule has 0 aliphatic carbocycles. The number of benzene rings is 2. The molecular weight excluding hydrogens is 382 g/mol. The monoisotopic (exact) mass is 403 g/mol. The number of nitrogens with zero attached hydrogens (tertiary/aromatic N) is 4. The van der Waals surface area contributed by atoms with Gasteiger partial charge in [-0.05, 0) is 30.3 Å². The van der Waals surface area contributed by atoms with Crippen LogP contribution in [-0.2, 0) is 4.74 Å². The fourth-order valence-corrected chi connectivity index (χ4v) is 3.14. The summed E-state index contributed by atoms with van der Waals surface area (Å²) in [4.78, 5) is 10.9. The molecule has 2 heterocycles. The lowest BCUT2D eigenvalue weighted by Crippen LogP contribution is -2.36. The molecule has 0 saturated carbocycles. The quantitative estimate of drug-likeness (QED) is 0.666. The average molecular weight is 403 g/mol. The molecule has 0 unspecified atom stereocenters. The van der Waals surface area contributed by atoms with Gasteiger partial charge in [0.2, 0.25) is 5.95 Å². The first-order valence-corrected chi connectivity index (χ1v) is 9.53. The van der Waals surface area contributed by atoms with Gasteiger partial charge in [-0.1, -0.05) is 6.07 Å². The van der Waals surface area contributed by atoms with E-state index in [2.05, 4.69) is 32.3 Å². The van der Waals surface area contributed by atoms with Crippen LogP contribution in [0.5, 0.6) is 17.2 Å². The summed E-state index contributed by atoms with van der Waals surface area (Å²) in [5.74, 6) is 2.18. The molecule has 0 radical (unpaired) electrons. The highest BCUT2D eigenvalue weighted by molar-refractivity contribution is 5.60. The highest BCUT2D eigenvalue weighted by Gasteiger charge is 2.12. The van der Waals surface area contributed by atoms with Crippen molar-refractivity contribution in [3.63, 3.8) is 0 Å². The highest BCUT2D eigenvalue weighted by Crippen LogP contribution is 2.27. The van der Waals surface area contributed by atoms with Crippen molar-refractivity contribution in [3.8, 4) is 23.3 Å². The predicted octanol–water partition coefficient (Wildman–Crippen LogP) is 3.73. The number of ether oxygens (including phenoxy) is 3. The van der Waals surface area contributed by atoms with E-state index in [0.717, 1.165) is 37.7 Å². The van der Waals surface area contributed by atoms with Gasteiger partial charge in [0.15, 0.2) is 5.75 Å². The maximum absolute atomic E-state index is 9.20. The number of hydrogen-bond donors (Lipinski definition) is 1. The number of nitriles is 1. The second-order valence-electron chi connectivity index (χ2n) is 6.59. The van der Waals surface area contributed by atoms with Gasteiger partial charge < -0.3 is 24.4 Å². The van der Waals surface area contributed by atoms with Crippen LogP contribution in [0.2, 0.25) is 0 Å². The largest absolute Gasteiger partial charge is 0.495 e. The summed E-state index contributed by atoms with van der Waals surface area (Å²) in [7, 11) is 1.53. The summed E-state index contributed by atoms with van der Waals surface area (Å²) in [5, 5.41) is 12.3. The van der Waals surface area contributed by atoms with Crippen molar-refractivity contribution >= 4 is 17.3 Å². The van der Waals surface area contributed by atoms with Gasteiger partial charge in [-0.2, -0.15) is 5.26 Å². The van der Waals surface area contributed by atoms with Crippen molar-refractivity contribution in [1.29, 1.82) is 5.26 Å². The Morgan fingerprint density at radius 3 is 2.60 bits per heavy atom. The Balaban J connectivity index is 1.42. The van der Waals surface area contributed by atoms with E-state index in [1.54, 1.807) is 30.6 Å². The Kier molecular flexibility index (Phi) is 5.92. The molecule has 8 nitrogen and oxygen atoms in total. The minimum absolute atomic E-state index is 0.401. The molecule has 1 N–H and O–H groups in total. The van der Waals surface area contributed by atoms with E-state index in [-0.39, 0.29) is 0 Å². The lowest BCUT2D eigenvalue weighted by atomic mass is 10.2. The number of morpholine rings is 1. The highest BCUT2D eigenvalue weighted by atomic mass is 16.5. The second kappa shape index (κ2) is 9.11. The Labute approximate surface area is 174 Å². The molecule has 3 aromatic rings. The van der Waals surface area contributed by atoms with E-state index in [4.69, 9.17) is 14.2 Å². The van der Waals surface area contributed by atoms with Gasteiger partial charge in [0.05, 0.1) is 38.3 Å². The van der Waals surface area contributed by atoms with Gasteiger partial charge >= 0.3 is 0 Å². The topological polar surface area (TPSA) is 92.5 Å². The van der Waals surface area contributed by atoms with Crippen molar-refractivity contribution in [2.24, 2.45) is 0 Å². The van der Waals surface area contributed by atoms with Crippen molar-refractivity contribution in [3.05, 3.63) is 60.4 Å². The third-order valence-electron chi connectivity index (χ3n) is 4.63. The molecule has 8 heteroatoms. The Morgan fingerprint density at radius 2 is 1.87 bits per heavy atom. The summed E-state index contributed by atoms with van der Waals surface area (Å²) in [5.41, 5.74) is 2.23. The predicted molar refractivity (Wildman–Crippen MR) is 113 cm³/mol. The second-order valence-corrected chi connectivity index (χ2v) is 6.59. The van der Waals surface area contributed by atoms with E-state index >= 15 is 0 Å². The molecule has 0 atom stereocenters. The first kappa shape index (κ1) is 19.5. The van der Waals surface area contributed by atoms with Crippen LogP contribution in [0.15, 0.2) is 54.9 Å². The Morgan fingerprint density at radius 1 is 1.07 bits per heavy atom. The molecule has 30 heavy (non-hydrogen) atoms. The minimum Gasteiger partial charge on any atom is -0.495 e. The van der Waals surface area contributed by atoms with Crippen molar-refractivity contribution in [1.82, 2.24) is 9.97 Å². The van der Waals surface area contributed by atoms with Crippen LogP contribution in [0.1, 0.15) is 5.56 Å². The lowest BCUT2D eigenvalue weighted by molar-refractivity contribution is 0.122. The van der Waals surface area contributed by atoms with E-state index in [1.165, 1.54) is 7.11 Å². The zero-order chi connectivity index (χ0) is 20.8. The van der Waals surface area contributed by atoms with Gasteiger partial charge in [0.1, 0.15) is 17.6 Å². The number of nitrogens with one attached hydrogen (secondary N) is 1. The molecule has 2 aromatic carbocycles. The molecule has 1 fully saturated rings. The third kappa shape index (κ3) is 4.59. The standard InChI is InChI=1S/C22H21N5O3/c1-28-21-6-5-17(11-16(21)13-23)26-22-24-14-20(15-25-22)30-19-4-2-3-18(12-19)27-7-9-29-10-8-27/h2-6,11-12,14-15H,7-10H2,1H3,(H,24,25,26). The molecule has 1 aliphatic rings. The lowest BCUT2D eigenvalue weighted by Gasteiger charge is -2.29. The Bertz CT molecular complexity index is 1040. The van der Waals surface area contributed by atoms with Crippen LogP contribution in [-0.4, -0.2) is 43.4 Å². The maximum Gasteiger partial charge on any atom is 0.227 e. The van der Waals surface area contributed by atoms with Gasteiger partial charge in [-0.15, -0.1) is 0 Å². The Hall–Kier alpha value is -3.83. The normalized spacial score (nSPS) is 13.4. The van der Waals surface area contributed by atoms with E-state index in [0.29, 0.717) is 28.7 Å². The summed E-state index contributed by atoms with van der Waals surface area (Å²) in [6.07, 6.45) is 3.21. The van der Waals surface area contributed by atoms with E-state index in [1.807, 2.05) is 18.2 Å². The molecule has 1 aromatic heterocycles. The average Bonchev–Trinajstić information content (AvgIpc) is 2.81. The van der Waals surface area contributed by atoms with Crippen LogP contribution in [0.4, 0.5) is 17.3 Å². The fraction of sp³-hybridized carbons (Fsp3) is 0.227. The molecule has 0 bridgehead atoms. The zero-order valence-electron chi connectivity index (χ0n) is 16.5. The summed E-state index contributed by atoms with van der Waals surface area (Å²) in [6, 6.07) is 15.2. The van der Waals surface area contributed by atoms with Crippen LogP contribution >= 0.6 is 0 Å². The number of anilines is 3. The van der Waals surface area contributed by atoms with Crippen molar-refractivity contribution < 1.29 is 14.2 Å². The maximum atomic E-state index is 9.20. The smallest absolute Gasteiger partial charge is 0.227 e. The third-order valence-corrected chi connectivity index (χ3v) is 4.63. The molecule has 1 saturated heterocycles. The summed E-state index contributed by atoms with van der Waals surface area (Å²) < 4.78 is 16.5. The zero-order valence-corrected chi connectivity index (χ0v) is 16.5. The minimum atomic E-state index is 0.401. The van der Waals surface area contributed by atoms with E-state index in [9.17, 15) is 5.26 Å². The van der Waals surface area contributed by atoms with E-state index < -0.39 is 0 Å². The van der Waals surface area contributed by atoms with Gasteiger partial charge in [0.25, 0.3) is 0 Å². The number of hydrogen-bond acceptors (Lipinski definition) is 8. The van der Waals surface area contributed by atoms with Crippen molar-refractivity contribution in [2.75, 3.05) is 43.6 Å². The SMILES string of the molecule is COc1ccc(Nc2ncc(Oc3cccc(N4CCOCC4)c3)cn2)cc1C#N. The van der Waals surface area contributed by atoms with Crippen LogP contribution in [0, 0.1) is 11.3 Å². The number of aromatic nitrogens is 2. The number of rotatable bonds is 6. The molecular formula is C22H21N5O3. The number of methoxy groups -OCH3 is 1. The molecule has 152 valence electrons. The first-order chi connectivity index (χ1) is 14.7. The van der Waals surface area contributed by atoms with Crippen LogP contribution in [0.3, 0.4) is 0 Å². The van der Waals surface area contributed by atoms with Gasteiger partial charge in [0, 0.05) is 30.5 Å². The van der Waals surface area contributed by atoms with Gasteiger partial charge in [-0.25, -0.2) is 9.97 Å².